The van der Waals surface area contributed by atoms with Crippen LogP contribution in [0.25, 0.3) is 6.08 Å². The van der Waals surface area contributed by atoms with Crippen LogP contribution in [0.3, 0.4) is 0 Å². The summed E-state index contributed by atoms with van der Waals surface area (Å²) in [6, 6.07) is 17.2. The number of rotatable bonds is 2. The minimum Gasteiger partial charge on any atom is -0.369 e. The molecule has 0 aromatic heterocycles. The van der Waals surface area contributed by atoms with Crippen LogP contribution in [0.5, 0.6) is 0 Å². The van der Waals surface area contributed by atoms with Gasteiger partial charge in [0.1, 0.15) is 0 Å². The van der Waals surface area contributed by atoms with Crippen LogP contribution in [0, 0.1) is 0 Å². The van der Waals surface area contributed by atoms with Crippen LogP contribution in [0.1, 0.15) is 29.1 Å². The predicted octanol–water partition coefficient (Wildman–Crippen LogP) is 2.65. The average Bonchev–Trinajstić information content (AvgIpc) is 2.71. The van der Waals surface area contributed by atoms with E-state index in [2.05, 4.69) is 0 Å². The summed E-state index contributed by atoms with van der Waals surface area (Å²) in [6.45, 7) is 0. The van der Waals surface area contributed by atoms with Crippen LogP contribution in [-0.2, 0) is 0 Å². The Labute approximate surface area is 112 Å². The molecule has 96 valence electrons. The number of fused-ring (bicyclic) bond motifs is 1. The number of nitrogens with zero attached hydrogens (tertiary/aromatic N) is 1. The summed E-state index contributed by atoms with van der Waals surface area (Å²) in [5.74, 6) is 0. The summed E-state index contributed by atoms with van der Waals surface area (Å²) < 4.78 is 0. The van der Waals surface area contributed by atoms with Crippen LogP contribution in [0.4, 0.5) is 0 Å². The summed E-state index contributed by atoms with van der Waals surface area (Å²) in [5, 5.41) is 20.4. The maximum absolute atomic E-state index is 10.2. The Kier molecular flexibility index (Phi) is 3.07. The van der Waals surface area contributed by atoms with Crippen molar-refractivity contribution in [1.29, 1.82) is 0 Å². The molecule has 0 fully saturated rings. The molecule has 2 unspecified atom stereocenters. The molecule has 1 heterocycles. The standard InChI is InChI=1S/C16H15NO2/c18-15-13-8-4-5-9-14(13)16(19)17(15)11-10-12-6-2-1-3-7-12/h1-11,15-16,18-19H/b11-10+. The van der Waals surface area contributed by atoms with Crippen molar-refractivity contribution in [1.82, 2.24) is 4.90 Å². The fourth-order valence-corrected chi connectivity index (χ4v) is 2.34. The molecular formula is C16H15NO2. The van der Waals surface area contributed by atoms with E-state index in [0.717, 1.165) is 16.7 Å². The molecular weight excluding hydrogens is 238 g/mol. The zero-order valence-electron chi connectivity index (χ0n) is 10.3. The summed E-state index contributed by atoms with van der Waals surface area (Å²) in [5.41, 5.74) is 2.54. The molecule has 2 N–H and O–H groups in total. The molecule has 0 spiro atoms. The number of aliphatic hydroxyl groups is 2. The maximum atomic E-state index is 10.2. The van der Waals surface area contributed by atoms with Gasteiger partial charge in [0, 0.05) is 17.3 Å². The molecule has 2 aromatic carbocycles. The normalized spacial score (nSPS) is 21.9. The van der Waals surface area contributed by atoms with Gasteiger partial charge in [0.2, 0.25) is 0 Å². The van der Waals surface area contributed by atoms with Crippen molar-refractivity contribution >= 4 is 6.08 Å². The van der Waals surface area contributed by atoms with E-state index in [4.69, 9.17) is 0 Å². The Morgan fingerprint density at radius 3 is 1.89 bits per heavy atom. The number of benzene rings is 2. The Balaban J connectivity index is 1.86. The first kappa shape index (κ1) is 12.0. The van der Waals surface area contributed by atoms with Crippen LogP contribution >= 0.6 is 0 Å². The van der Waals surface area contributed by atoms with E-state index in [1.54, 1.807) is 6.20 Å². The quantitative estimate of drug-likeness (QED) is 0.864. The highest BCUT2D eigenvalue weighted by molar-refractivity contribution is 5.49. The summed E-state index contributed by atoms with van der Waals surface area (Å²) in [4.78, 5) is 1.54. The van der Waals surface area contributed by atoms with Gasteiger partial charge < -0.3 is 15.1 Å². The first-order chi connectivity index (χ1) is 9.27. The Morgan fingerprint density at radius 1 is 0.789 bits per heavy atom. The van der Waals surface area contributed by atoms with E-state index >= 15 is 0 Å². The molecule has 0 amide bonds. The highest BCUT2D eigenvalue weighted by Gasteiger charge is 2.33. The third kappa shape index (κ3) is 2.14. The number of aliphatic hydroxyl groups excluding tert-OH is 2. The third-order valence-corrected chi connectivity index (χ3v) is 3.36. The molecule has 0 saturated heterocycles. The fourth-order valence-electron chi connectivity index (χ4n) is 2.34. The molecule has 1 aliphatic rings. The topological polar surface area (TPSA) is 43.7 Å². The van der Waals surface area contributed by atoms with Gasteiger partial charge in [-0.15, -0.1) is 0 Å². The highest BCUT2D eigenvalue weighted by atomic mass is 16.3. The van der Waals surface area contributed by atoms with E-state index in [9.17, 15) is 10.2 Å². The van der Waals surface area contributed by atoms with E-state index in [1.165, 1.54) is 4.90 Å². The van der Waals surface area contributed by atoms with E-state index < -0.39 is 12.5 Å². The molecule has 19 heavy (non-hydrogen) atoms. The van der Waals surface area contributed by atoms with Gasteiger partial charge in [-0.3, -0.25) is 0 Å². The lowest BCUT2D eigenvalue weighted by molar-refractivity contribution is -0.0499. The average molecular weight is 253 g/mol. The van der Waals surface area contributed by atoms with Gasteiger partial charge in [0.05, 0.1) is 0 Å². The summed E-state index contributed by atoms with van der Waals surface area (Å²) >= 11 is 0. The second-order valence-electron chi connectivity index (χ2n) is 4.55. The first-order valence-corrected chi connectivity index (χ1v) is 6.23. The summed E-state index contributed by atoms with van der Waals surface area (Å²) in [7, 11) is 0. The van der Waals surface area contributed by atoms with Gasteiger partial charge in [0.15, 0.2) is 12.5 Å². The minimum atomic E-state index is -0.800. The van der Waals surface area contributed by atoms with Crippen molar-refractivity contribution in [3.8, 4) is 0 Å². The van der Waals surface area contributed by atoms with Crippen molar-refractivity contribution in [3.05, 3.63) is 77.5 Å². The van der Waals surface area contributed by atoms with Crippen LogP contribution in [-0.4, -0.2) is 15.1 Å². The van der Waals surface area contributed by atoms with Gasteiger partial charge in [-0.1, -0.05) is 54.6 Å². The Hall–Kier alpha value is -2.10. The molecule has 3 rings (SSSR count). The van der Waals surface area contributed by atoms with Crippen molar-refractivity contribution in [2.75, 3.05) is 0 Å². The Bertz CT molecular complexity index is 566. The van der Waals surface area contributed by atoms with Crippen molar-refractivity contribution in [3.63, 3.8) is 0 Å². The molecule has 1 aliphatic heterocycles. The van der Waals surface area contributed by atoms with Crippen molar-refractivity contribution in [2.45, 2.75) is 12.5 Å². The van der Waals surface area contributed by atoms with Crippen molar-refractivity contribution < 1.29 is 10.2 Å². The van der Waals surface area contributed by atoms with Gasteiger partial charge in [-0.2, -0.15) is 0 Å². The van der Waals surface area contributed by atoms with Crippen LogP contribution in [0.2, 0.25) is 0 Å². The highest BCUT2D eigenvalue weighted by Crippen LogP contribution is 2.39. The monoisotopic (exact) mass is 253 g/mol. The van der Waals surface area contributed by atoms with E-state index in [0.29, 0.717) is 0 Å². The van der Waals surface area contributed by atoms with Gasteiger partial charge in [-0.05, 0) is 11.6 Å². The lowest BCUT2D eigenvalue weighted by Crippen LogP contribution is -2.19. The second kappa shape index (κ2) is 4.88. The van der Waals surface area contributed by atoms with Crippen LogP contribution < -0.4 is 0 Å². The zero-order valence-corrected chi connectivity index (χ0v) is 10.3. The van der Waals surface area contributed by atoms with Gasteiger partial charge in [0.25, 0.3) is 0 Å². The lowest BCUT2D eigenvalue weighted by Gasteiger charge is -2.22. The molecule has 2 aromatic rings. The van der Waals surface area contributed by atoms with Crippen molar-refractivity contribution in [2.24, 2.45) is 0 Å². The van der Waals surface area contributed by atoms with E-state index in [1.807, 2.05) is 60.7 Å². The smallest absolute Gasteiger partial charge is 0.155 e. The molecule has 0 bridgehead atoms. The third-order valence-electron chi connectivity index (χ3n) is 3.36. The first-order valence-electron chi connectivity index (χ1n) is 6.23. The predicted molar refractivity (Wildman–Crippen MR) is 73.7 cm³/mol. The van der Waals surface area contributed by atoms with Gasteiger partial charge in [-0.25, -0.2) is 0 Å². The number of hydrogen-bond donors (Lipinski definition) is 2. The van der Waals surface area contributed by atoms with E-state index in [-0.39, 0.29) is 0 Å². The fraction of sp³-hybridized carbons (Fsp3) is 0.125. The molecule has 3 nitrogen and oxygen atoms in total. The van der Waals surface area contributed by atoms with Gasteiger partial charge >= 0.3 is 0 Å². The maximum Gasteiger partial charge on any atom is 0.155 e. The number of hydrogen-bond acceptors (Lipinski definition) is 3. The molecule has 0 saturated carbocycles. The second-order valence-corrected chi connectivity index (χ2v) is 4.55. The largest absolute Gasteiger partial charge is 0.369 e. The minimum absolute atomic E-state index is 0.757. The van der Waals surface area contributed by atoms with Crippen LogP contribution in [0.15, 0.2) is 60.8 Å². The summed E-state index contributed by atoms with van der Waals surface area (Å²) in [6.07, 6.45) is 2.00. The molecule has 0 radical (unpaired) electrons. The zero-order chi connectivity index (χ0) is 13.2. The SMILES string of the molecule is OC1c2ccccc2C(O)N1/C=C/c1ccccc1. The molecule has 2 atom stereocenters. The molecule has 0 aliphatic carbocycles. The molecule has 3 heteroatoms. The Morgan fingerprint density at radius 2 is 1.32 bits per heavy atom. The lowest BCUT2D eigenvalue weighted by atomic mass is 10.1.